The summed E-state index contributed by atoms with van der Waals surface area (Å²) in [5.41, 5.74) is 0.323. The minimum absolute atomic E-state index is 0.153. The summed E-state index contributed by atoms with van der Waals surface area (Å²) in [4.78, 5) is 3.97. The Morgan fingerprint density at radius 2 is 1.94 bits per heavy atom. The number of nitrogens with zero attached hydrogens (tertiary/aromatic N) is 1. The van der Waals surface area contributed by atoms with Gasteiger partial charge in [0.25, 0.3) is 0 Å². The van der Waals surface area contributed by atoms with Gasteiger partial charge in [0.15, 0.2) is 0 Å². The van der Waals surface area contributed by atoms with Crippen molar-refractivity contribution in [3.63, 3.8) is 0 Å². The molecule has 0 aliphatic carbocycles. The Balaban J connectivity index is 2.11. The molecular formula is C12H8Cl2F2N2. The zero-order chi connectivity index (χ0) is 13.1. The number of benzene rings is 1. The molecule has 94 valence electrons. The molecule has 18 heavy (non-hydrogen) atoms. The third kappa shape index (κ3) is 3.09. The van der Waals surface area contributed by atoms with Crippen LogP contribution >= 0.6 is 23.2 Å². The van der Waals surface area contributed by atoms with E-state index in [1.807, 2.05) is 0 Å². The Hall–Kier alpha value is -1.39. The largest absolute Gasteiger partial charge is 0.365 e. The lowest BCUT2D eigenvalue weighted by Gasteiger charge is -2.08. The van der Waals surface area contributed by atoms with Gasteiger partial charge in [-0.1, -0.05) is 29.3 Å². The van der Waals surface area contributed by atoms with E-state index in [0.29, 0.717) is 21.4 Å². The Morgan fingerprint density at radius 3 is 2.61 bits per heavy atom. The maximum atomic E-state index is 13.4. The van der Waals surface area contributed by atoms with Crippen LogP contribution in [0.2, 0.25) is 10.0 Å². The summed E-state index contributed by atoms with van der Waals surface area (Å²) in [5, 5.41) is 3.61. The van der Waals surface area contributed by atoms with Crippen molar-refractivity contribution in [1.29, 1.82) is 0 Å². The molecule has 0 saturated heterocycles. The first-order valence-corrected chi connectivity index (χ1v) is 5.80. The Morgan fingerprint density at radius 1 is 1.17 bits per heavy atom. The van der Waals surface area contributed by atoms with Gasteiger partial charge in [-0.15, -0.1) is 0 Å². The number of pyridine rings is 1. The molecule has 0 radical (unpaired) electrons. The minimum Gasteiger partial charge on any atom is -0.365 e. The lowest BCUT2D eigenvalue weighted by Crippen LogP contribution is -2.04. The average molecular weight is 289 g/mol. The van der Waals surface area contributed by atoms with Gasteiger partial charge in [0.2, 0.25) is 0 Å². The number of aromatic nitrogens is 1. The van der Waals surface area contributed by atoms with E-state index in [9.17, 15) is 8.78 Å². The lowest BCUT2D eigenvalue weighted by molar-refractivity contribution is 0.574. The molecule has 0 fully saturated rings. The monoisotopic (exact) mass is 288 g/mol. The first-order chi connectivity index (χ1) is 8.56. The van der Waals surface area contributed by atoms with Crippen molar-refractivity contribution >= 4 is 29.0 Å². The van der Waals surface area contributed by atoms with E-state index in [1.165, 1.54) is 24.4 Å². The van der Waals surface area contributed by atoms with Crippen LogP contribution in [0.5, 0.6) is 0 Å². The normalized spacial score (nSPS) is 10.4. The number of halogens is 4. The van der Waals surface area contributed by atoms with Crippen molar-refractivity contribution in [2.75, 3.05) is 5.32 Å². The maximum absolute atomic E-state index is 13.4. The molecule has 2 aromatic rings. The van der Waals surface area contributed by atoms with Crippen molar-refractivity contribution < 1.29 is 8.78 Å². The molecule has 0 atom stereocenters. The van der Waals surface area contributed by atoms with Crippen molar-refractivity contribution in [1.82, 2.24) is 4.98 Å². The molecule has 0 aliphatic heterocycles. The number of hydrogen-bond donors (Lipinski definition) is 1. The van der Waals surface area contributed by atoms with E-state index in [0.717, 1.165) is 6.07 Å². The van der Waals surface area contributed by atoms with E-state index in [4.69, 9.17) is 23.2 Å². The number of rotatable bonds is 3. The molecule has 0 unspecified atom stereocenters. The van der Waals surface area contributed by atoms with Crippen LogP contribution in [-0.4, -0.2) is 4.98 Å². The van der Waals surface area contributed by atoms with Gasteiger partial charge in [-0.2, -0.15) is 0 Å². The second-order valence-electron chi connectivity index (χ2n) is 3.57. The highest BCUT2D eigenvalue weighted by molar-refractivity contribution is 6.35. The summed E-state index contributed by atoms with van der Waals surface area (Å²) in [6.45, 7) is 0.153. The van der Waals surface area contributed by atoms with Crippen LogP contribution in [0, 0.1) is 11.6 Å². The molecular weight excluding hydrogens is 281 g/mol. The number of anilines is 1. The predicted octanol–water partition coefficient (Wildman–Crippen LogP) is 4.28. The van der Waals surface area contributed by atoms with Crippen LogP contribution in [0.25, 0.3) is 0 Å². The zero-order valence-electron chi connectivity index (χ0n) is 9.05. The van der Waals surface area contributed by atoms with E-state index >= 15 is 0 Å². The third-order valence-corrected chi connectivity index (χ3v) is 2.76. The fraction of sp³-hybridized carbons (Fsp3) is 0.0833. The molecule has 1 N–H and O–H groups in total. The second kappa shape index (κ2) is 5.50. The van der Waals surface area contributed by atoms with Crippen LogP contribution in [-0.2, 0) is 6.54 Å². The van der Waals surface area contributed by atoms with Gasteiger partial charge in [-0.3, -0.25) is 0 Å². The molecule has 6 heteroatoms. The minimum atomic E-state index is -0.618. The SMILES string of the molecule is Fc1ccc(CNc2ncc(Cl)cc2Cl)c(F)c1. The fourth-order valence-corrected chi connectivity index (χ4v) is 1.84. The molecule has 0 aliphatic rings. The summed E-state index contributed by atoms with van der Waals surface area (Å²) in [7, 11) is 0. The topological polar surface area (TPSA) is 24.9 Å². The number of hydrogen-bond acceptors (Lipinski definition) is 2. The molecule has 2 nitrogen and oxygen atoms in total. The first-order valence-electron chi connectivity index (χ1n) is 5.05. The number of nitrogens with one attached hydrogen (secondary N) is 1. The molecule has 0 bridgehead atoms. The van der Waals surface area contributed by atoms with Crippen molar-refractivity contribution in [3.05, 3.63) is 57.7 Å². The molecule has 2 rings (SSSR count). The summed E-state index contributed by atoms with van der Waals surface area (Å²) in [6, 6.07) is 4.91. The summed E-state index contributed by atoms with van der Waals surface area (Å²) in [6.07, 6.45) is 1.43. The van der Waals surface area contributed by atoms with Crippen LogP contribution in [0.4, 0.5) is 14.6 Å². The van der Waals surface area contributed by atoms with Crippen LogP contribution in [0.15, 0.2) is 30.5 Å². The van der Waals surface area contributed by atoms with E-state index in [-0.39, 0.29) is 6.54 Å². The standard InChI is InChI=1S/C12H8Cl2F2N2/c13-8-3-10(14)12(18-6-8)17-5-7-1-2-9(15)4-11(7)16/h1-4,6H,5H2,(H,17,18). The fourth-order valence-electron chi connectivity index (χ4n) is 1.39. The van der Waals surface area contributed by atoms with Crippen molar-refractivity contribution in [3.8, 4) is 0 Å². The molecule has 0 spiro atoms. The van der Waals surface area contributed by atoms with E-state index in [1.54, 1.807) is 0 Å². The smallest absolute Gasteiger partial charge is 0.145 e. The van der Waals surface area contributed by atoms with Gasteiger partial charge in [0.05, 0.1) is 10.0 Å². The van der Waals surface area contributed by atoms with Gasteiger partial charge in [0.1, 0.15) is 17.5 Å². The summed E-state index contributed by atoms with van der Waals surface area (Å²) < 4.78 is 26.1. The molecule has 1 aromatic carbocycles. The van der Waals surface area contributed by atoms with Crippen LogP contribution in [0.3, 0.4) is 0 Å². The van der Waals surface area contributed by atoms with Crippen LogP contribution < -0.4 is 5.32 Å². The highest BCUT2D eigenvalue weighted by Crippen LogP contribution is 2.23. The Bertz CT molecular complexity index is 524. The van der Waals surface area contributed by atoms with Crippen molar-refractivity contribution in [2.45, 2.75) is 6.54 Å². The Kier molecular flexibility index (Phi) is 3.99. The molecule has 0 amide bonds. The predicted molar refractivity (Wildman–Crippen MR) is 67.9 cm³/mol. The Labute approximate surface area is 113 Å². The molecule has 0 saturated carbocycles. The second-order valence-corrected chi connectivity index (χ2v) is 4.42. The average Bonchev–Trinajstić information content (AvgIpc) is 2.30. The van der Waals surface area contributed by atoms with Gasteiger partial charge in [0, 0.05) is 24.4 Å². The van der Waals surface area contributed by atoms with Gasteiger partial charge >= 0.3 is 0 Å². The van der Waals surface area contributed by atoms with E-state index in [2.05, 4.69) is 10.3 Å². The highest BCUT2D eigenvalue weighted by Gasteiger charge is 2.06. The quantitative estimate of drug-likeness (QED) is 0.912. The third-order valence-electron chi connectivity index (χ3n) is 2.27. The van der Waals surface area contributed by atoms with Gasteiger partial charge < -0.3 is 5.32 Å². The van der Waals surface area contributed by atoms with E-state index < -0.39 is 11.6 Å². The maximum Gasteiger partial charge on any atom is 0.145 e. The first kappa shape index (κ1) is 13.1. The summed E-state index contributed by atoms with van der Waals surface area (Å²) in [5.74, 6) is -0.837. The molecule has 1 heterocycles. The van der Waals surface area contributed by atoms with Crippen LogP contribution in [0.1, 0.15) is 5.56 Å². The zero-order valence-corrected chi connectivity index (χ0v) is 10.6. The highest BCUT2D eigenvalue weighted by atomic mass is 35.5. The van der Waals surface area contributed by atoms with Gasteiger partial charge in [-0.05, 0) is 12.1 Å². The molecule has 1 aromatic heterocycles. The summed E-state index contributed by atoms with van der Waals surface area (Å²) >= 11 is 11.6. The van der Waals surface area contributed by atoms with Gasteiger partial charge in [-0.25, -0.2) is 13.8 Å². The lowest BCUT2D eigenvalue weighted by atomic mass is 10.2. The van der Waals surface area contributed by atoms with Crippen molar-refractivity contribution in [2.24, 2.45) is 0 Å².